The van der Waals surface area contributed by atoms with Crippen LogP contribution in [0.1, 0.15) is 171 Å². The van der Waals surface area contributed by atoms with Gasteiger partial charge in [-0.15, -0.1) is 0 Å². The zero-order valence-corrected chi connectivity index (χ0v) is 74.3. The largest absolute Gasteiger partial charge is 0.347 e. The van der Waals surface area contributed by atoms with Crippen LogP contribution in [0.4, 0.5) is 73.9 Å². The Hall–Kier alpha value is -11.8. The molecule has 0 radical (unpaired) electrons. The third-order valence-electron chi connectivity index (χ3n) is 24.2. The summed E-state index contributed by atoms with van der Waals surface area (Å²) in [5.74, 6) is 0.987. The molecule has 0 saturated heterocycles. The standard InChI is InChI=1S/C27H35N4.C26H32N3.C25H27N4.C25H30N3/c1-18(2)30-21(5)31(24-13-10-9-12-23(24)30)26-17-22(27(6,7)8)16-25(19(26)3)29-15-11-14-28-20(29)4;1-17(2)28-22(7)29(24-14-9-8-13-23(24)28)26-19(4)16-18(3)25(21(26)6)27-15-11-10-12-20(27)5;1-17(2)28-20(5)29(23-13-8-7-12-22(23)28)25-16-21(26-6)15-24(19(25)4)27-14-10-9-11-18(27)3;1-17(2)27-21(6)28(23-13-8-7-12-22(23)27)25-16-18(3)15-24(20(25)5)26-14-10-9-11-19(26)4/h9-18,21H,1-8H3;8-17,22H,1-7H3;7-17,20H,1-5H3;7-17,21H,1-6H3/q4*+1/t21-;22-;20-;21-/m1111/s1. The van der Waals surface area contributed by atoms with Crippen LogP contribution in [0.25, 0.3) is 27.6 Å². The zero-order chi connectivity index (χ0) is 84.1. The summed E-state index contributed by atoms with van der Waals surface area (Å²) in [7, 11) is 0. The molecule has 4 aliphatic heterocycles. The first kappa shape index (κ1) is 83.1. The number of pyridine rings is 3. The van der Waals surface area contributed by atoms with Crippen LogP contribution in [0, 0.1) is 82.7 Å². The molecule has 14 heteroatoms. The van der Waals surface area contributed by atoms with Crippen LogP contribution in [0.5, 0.6) is 0 Å². The van der Waals surface area contributed by atoms with E-state index in [4.69, 9.17) is 6.57 Å². The number of benzene rings is 8. The predicted octanol–water partition coefficient (Wildman–Crippen LogP) is 23.3. The van der Waals surface area contributed by atoms with Crippen LogP contribution in [-0.4, -0.2) is 53.8 Å². The molecule has 0 fully saturated rings. The van der Waals surface area contributed by atoms with Gasteiger partial charge >= 0.3 is 0 Å². The van der Waals surface area contributed by atoms with Gasteiger partial charge in [-0.1, -0.05) is 92.5 Å². The SMILES string of the molecule is Cc1c(N2c3ccccc3N(C(C)C)[C@H]2C)cc(C(C)(C)C)cc1-[n+]1cccnc1C.Cc1cc(C)c(-[n+]2ccccc2C)c(C)c1N1c2ccccc2N(C(C)C)[C@H]1C.Cc1cc(N2c3ccccc3N(C(C)C)[C@H]2C)c(C)c(-[n+]2ccccc2C)c1.[C-]#[N+]c1cc(N2c3ccccc3N(C(C)C)[C@H]2C)c(C)c(-[n+]2ccccc2C)c1. The van der Waals surface area contributed by atoms with E-state index in [0.717, 1.165) is 22.9 Å². The molecule has 0 aliphatic carbocycles. The smallest absolute Gasteiger partial charge is 0.300 e. The van der Waals surface area contributed by atoms with Gasteiger partial charge in [0, 0.05) is 140 Å². The van der Waals surface area contributed by atoms with Crippen LogP contribution in [0.2, 0.25) is 0 Å². The molecular weight excluding hydrogens is 1430 g/mol. The Morgan fingerprint density at radius 2 is 0.684 bits per heavy atom. The third-order valence-corrected chi connectivity index (χ3v) is 24.2. The molecule has 8 heterocycles. The summed E-state index contributed by atoms with van der Waals surface area (Å²) in [4.78, 5) is 28.2. The molecule has 0 spiro atoms. The number of nitrogens with zero attached hydrogens (tertiary/aromatic N) is 14. The Kier molecular flexibility index (Phi) is 24.0. The molecule has 12 aromatic rings. The molecule has 0 amide bonds. The molecule has 4 atom stereocenters. The van der Waals surface area contributed by atoms with Gasteiger partial charge in [-0.25, -0.2) is 9.41 Å². The minimum Gasteiger partial charge on any atom is -0.347 e. The summed E-state index contributed by atoms with van der Waals surface area (Å²) in [5, 5.41) is 0. The van der Waals surface area contributed by atoms with Gasteiger partial charge in [-0.05, 0) is 233 Å². The van der Waals surface area contributed by atoms with E-state index in [2.05, 4.69) is 442 Å². The molecule has 4 aliphatic rings. The summed E-state index contributed by atoms with van der Waals surface area (Å²) in [6, 6.07) is 73.2. The van der Waals surface area contributed by atoms with Gasteiger partial charge in [0.1, 0.15) is 42.7 Å². The van der Waals surface area contributed by atoms with E-state index in [1.807, 2.05) is 36.5 Å². The van der Waals surface area contributed by atoms with Crippen LogP contribution >= 0.6 is 0 Å². The first-order valence-corrected chi connectivity index (χ1v) is 42.1. The highest BCUT2D eigenvalue weighted by atomic mass is 15.5. The highest BCUT2D eigenvalue weighted by molar-refractivity contribution is 5.90. The quantitative estimate of drug-likeness (QED) is 0.0879. The monoisotopic (exact) mass is 1560 g/mol. The average molecular weight is 1560 g/mol. The van der Waals surface area contributed by atoms with Gasteiger partial charge in [-0.2, -0.15) is 13.7 Å². The second kappa shape index (κ2) is 33.8. The van der Waals surface area contributed by atoms with E-state index in [0.29, 0.717) is 29.9 Å². The fourth-order valence-corrected chi connectivity index (χ4v) is 18.9. The van der Waals surface area contributed by atoms with Crippen molar-refractivity contribution in [2.45, 2.75) is 234 Å². The number of aryl methyl sites for hydroxylation is 7. The summed E-state index contributed by atoms with van der Waals surface area (Å²) < 4.78 is 8.99. The van der Waals surface area contributed by atoms with Crippen molar-refractivity contribution in [3.8, 4) is 22.7 Å². The fraction of sp³-hybridized carbons (Fsp3) is 0.340. The van der Waals surface area contributed by atoms with E-state index in [-0.39, 0.29) is 30.1 Å². The van der Waals surface area contributed by atoms with Crippen LogP contribution in [-0.2, 0) is 5.41 Å². The lowest BCUT2D eigenvalue weighted by Gasteiger charge is -2.34. The summed E-state index contributed by atoms with van der Waals surface area (Å²) in [6.07, 6.45) is 11.3. The molecule has 4 aromatic heterocycles. The molecular formula is C103H124N14+4. The predicted molar refractivity (Wildman–Crippen MR) is 489 cm³/mol. The van der Waals surface area contributed by atoms with Crippen molar-refractivity contribution in [2.75, 3.05) is 39.2 Å². The molecule has 0 N–H and O–H groups in total. The van der Waals surface area contributed by atoms with Crippen molar-refractivity contribution >= 4 is 73.9 Å². The number of rotatable bonds is 12. The number of aromatic nitrogens is 5. The van der Waals surface area contributed by atoms with E-state index in [1.165, 1.54) is 136 Å². The van der Waals surface area contributed by atoms with Crippen molar-refractivity contribution in [1.29, 1.82) is 0 Å². The van der Waals surface area contributed by atoms with Crippen molar-refractivity contribution < 1.29 is 18.3 Å². The second-order valence-corrected chi connectivity index (χ2v) is 34.5. The fourth-order valence-electron chi connectivity index (χ4n) is 18.9. The number of anilines is 12. The molecule has 0 unspecified atom stereocenters. The van der Waals surface area contributed by atoms with Gasteiger partial charge in [0.2, 0.25) is 17.1 Å². The lowest BCUT2D eigenvalue weighted by atomic mass is 9.85. The molecule has 0 saturated carbocycles. The molecule has 602 valence electrons. The first-order valence-electron chi connectivity index (χ1n) is 42.1. The van der Waals surface area contributed by atoms with E-state index in [1.54, 1.807) is 0 Å². The Labute approximate surface area is 699 Å². The van der Waals surface area contributed by atoms with E-state index >= 15 is 0 Å². The number of fused-ring (bicyclic) bond motifs is 4. The number of para-hydroxylation sites is 8. The van der Waals surface area contributed by atoms with Crippen molar-refractivity contribution in [1.82, 2.24) is 4.98 Å². The second-order valence-electron chi connectivity index (χ2n) is 34.5. The summed E-state index contributed by atoms with van der Waals surface area (Å²) >= 11 is 0. The molecule has 8 aromatic carbocycles. The van der Waals surface area contributed by atoms with Gasteiger partial charge in [-0.3, -0.25) is 0 Å². The maximum absolute atomic E-state index is 7.68. The normalized spacial score (nSPS) is 15.9. The third kappa shape index (κ3) is 15.6. The minimum absolute atomic E-state index is 0.0358. The van der Waals surface area contributed by atoms with Crippen molar-refractivity contribution in [3.05, 3.63) is 310 Å². The van der Waals surface area contributed by atoms with Gasteiger partial charge < -0.3 is 39.2 Å². The van der Waals surface area contributed by atoms with Gasteiger partial charge in [0.25, 0.3) is 5.82 Å². The van der Waals surface area contributed by atoms with E-state index in [9.17, 15) is 0 Å². The summed E-state index contributed by atoms with van der Waals surface area (Å²) in [5.41, 5.74) is 34.6. The lowest BCUT2D eigenvalue weighted by Crippen LogP contribution is -2.43. The first-order chi connectivity index (χ1) is 55.8. The minimum atomic E-state index is 0.0358. The van der Waals surface area contributed by atoms with Gasteiger partial charge in [0.15, 0.2) is 41.4 Å². The maximum atomic E-state index is 7.68. The topological polar surface area (TPSA) is 58.7 Å². The molecule has 16 rings (SSSR count). The number of hydrogen-bond acceptors (Lipinski definition) is 9. The van der Waals surface area contributed by atoms with Crippen LogP contribution in [0.15, 0.2) is 231 Å². The van der Waals surface area contributed by atoms with E-state index < -0.39 is 0 Å². The summed E-state index contributed by atoms with van der Waals surface area (Å²) in [6.45, 7) is 65.9. The average Bonchev–Trinajstić information content (AvgIpc) is 1.63. The zero-order valence-electron chi connectivity index (χ0n) is 74.3. The number of hydrogen-bond donors (Lipinski definition) is 0. The maximum Gasteiger partial charge on any atom is 0.300 e. The highest BCUT2D eigenvalue weighted by Crippen LogP contribution is 2.52. The Morgan fingerprint density at radius 3 is 1.07 bits per heavy atom. The highest BCUT2D eigenvalue weighted by Gasteiger charge is 2.42. The molecule has 0 bridgehead atoms. The lowest BCUT2D eigenvalue weighted by molar-refractivity contribution is -0.606. The van der Waals surface area contributed by atoms with Crippen LogP contribution < -0.4 is 57.5 Å². The Bertz CT molecular complexity index is 5700. The molecule has 117 heavy (non-hydrogen) atoms. The Balaban J connectivity index is 0.000000136. The molecule has 14 nitrogen and oxygen atoms in total. The van der Waals surface area contributed by atoms with Crippen molar-refractivity contribution in [3.63, 3.8) is 0 Å². The van der Waals surface area contributed by atoms with Gasteiger partial charge in [0.05, 0.1) is 69.1 Å². The van der Waals surface area contributed by atoms with Crippen LogP contribution in [0.3, 0.4) is 0 Å². The Morgan fingerprint density at radius 1 is 0.342 bits per heavy atom. The van der Waals surface area contributed by atoms with Crippen molar-refractivity contribution in [2.24, 2.45) is 0 Å².